The van der Waals surface area contributed by atoms with Gasteiger partial charge in [0.2, 0.25) is 0 Å². The third-order valence-corrected chi connectivity index (χ3v) is 1.52. The molecule has 0 fully saturated rings. The fourth-order valence-electron chi connectivity index (χ4n) is 0.865. The van der Waals surface area contributed by atoms with E-state index in [1.54, 1.807) is 0 Å². The summed E-state index contributed by atoms with van der Waals surface area (Å²) in [6.07, 6.45) is -4.67. The molecule has 0 spiro atoms. The lowest BCUT2D eigenvalue weighted by atomic mass is 10.2. The van der Waals surface area contributed by atoms with Gasteiger partial charge in [0.25, 0.3) is 0 Å². The van der Waals surface area contributed by atoms with Gasteiger partial charge in [0.15, 0.2) is 11.5 Å². The van der Waals surface area contributed by atoms with Crippen LogP contribution in [0.1, 0.15) is 5.56 Å². The minimum absolute atomic E-state index is 0.262. The monoisotopic (exact) mass is 211 g/mol. The summed E-state index contributed by atoms with van der Waals surface area (Å²) in [7, 11) is 0. The van der Waals surface area contributed by atoms with Crippen LogP contribution in [-0.2, 0) is 6.18 Å². The third-order valence-electron chi connectivity index (χ3n) is 1.52. The second-order valence-electron chi connectivity index (χ2n) is 2.50. The Morgan fingerprint density at radius 1 is 1.29 bits per heavy atom. The Kier molecular flexibility index (Phi) is 2.74. The van der Waals surface area contributed by atoms with Crippen molar-refractivity contribution in [2.75, 3.05) is 0 Å². The molecule has 0 radical (unpaired) electrons. The second kappa shape index (κ2) is 3.52. The van der Waals surface area contributed by atoms with Gasteiger partial charge in [-0.15, -0.1) is 0 Å². The second-order valence-corrected chi connectivity index (χ2v) is 2.50. The van der Waals surface area contributed by atoms with E-state index in [0.717, 1.165) is 0 Å². The van der Waals surface area contributed by atoms with Crippen molar-refractivity contribution in [2.24, 2.45) is 0 Å². The predicted molar refractivity (Wildman–Crippen MR) is 37.2 cm³/mol. The number of halogens is 4. The van der Waals surface area contributed by atoms with Crippen molar-refractivity contribution in [1.29, 1.82) is 0 Å². The summed E-state index contributed by atoms with van der Waals surface area (Å²) in [5, 5.41) is 16.9. The van der Waals surface area contributed by atoms with Crippen molar-refractivity contribution in [1.82, 2.24) is 0 Å². The molecule has 0 aromatic heterocycles. The molecule has 0 aliphatic heterocycles. The average Bonchev–Trinajstić information content (AvgIpc) is 2.02. The van der Waals surface area contributed by atoms with E-state index < -0.39 is 28.5 Å². The van der Waals surface area contributed by atoms with Crippen molar-refractivity contribution in [2.45, 2.75) is 6.18 Å². The van der Waals surface area contributed by atoms with Crippen molar-refractivity contribution in [3.63, 3.8) is 0 Å². The summed E-state index contributed by atoms with van der Waals surface area (Å²) in [6.45, 7) is 0. The maximum Gasteiger partial charge on any atom is 0.416 e. The van der Waals surface area contributed by atoms with E-state index >= 15 is 0 Å². The first-order valence-electron chi connectivity index (χ1n) is 3.42. The molecule has 7 heteroatoms. The van der Waals surface area contributed by atoms with E-state index in [-0.39, 0.29) is 6.07 Å². The van der Waals surface area contributed by atoms with Crippen LogP contribution in [0.2, 0.25) is 0 Å². The molecule has 2 N–H and O–H groups in total. The summed E-state index contributed by atoms with van der Waals surface area (Å²) >= 11 is 0. The van der Waals surface area contributed by atoms with Crippen LogP contribution in [-0.4, -0.2) is 5.21 Å². The van der Waals surface area contributed by atoms with Crippen LogP contribution in [0.25, 0.3) is 0 Å². The Morgan fingerprint density at radius 3 is 2.29 bits per heavy atom. The molecule has 0 bridgehead atoms. The Labute approximate surface area is 75.7 Å². The van der Waals surface area contributed by atoms with Gasteiger partial charge in [-0.1, -0.05) is 0 Å². The van der Waals surface area contributed by atoms with Crippen molar-refractivity contribution in [3.05, 3.63) is 34.8 Å². The fourth-order valence-corrected chi connectivity index (χ4v) is 0.865. The number of nitrogens with one attached hydrogen (secondary N) is 1. The highest BCUT2D eigenvalue weighted by Gasteiger charge is 2.32. The lowest BCUT2D eigenvalue weighted by Gasteiger charge is -2.14. The fraction of sp³-hybridized carbons (Fsp3) is 0.143. The van der Waals surface area contributed by atoms with Crippen LogP contribution < -0.4 is 5.23 Å². The zero-order valence-electron chi connectivity index (χ0n) is 6.60. The Bertz CT molecular complexity index is 337. The van der Waals surface area contributed by atoms with Crippen LogP contribution in [0.15, 0.2) is 18.2 Å². The van der Waals surface area contributed by atoms with Crippen molar-refractivity contribution >= 4 is 5.69 Å². The topological polar surface area (TPSA) is 47.7 Å². The highest BCUT2D eigenvalue weighted by atomic mass is 19.4. The minimum atomic E-state index is -4.67. The number of rotatable bonds is 1. The summed E-state index contributed by atoms with van der Waals surface area (Å²) in [5.41, 5.74) is -2.17. The van der Waals surface area contributed by atoms with Crippen LogP contribution in [0, 0.1) is 11.0 Å². The standard InChI is InChI=1S/C7H5F4NO2/c8-5-2-1-4(7(9,10)11)3-6(5)12(13)14/h1-3,12-13H. The lowest BCUT2D eigenvalue weighted by molar-refractivity contribution is -0.992. The van der Waals surface area contributed by atoms with Gasteiger partial charge in [0.1, 0.15) is 0 Å². The van der Waals surface area contributed by atoms with Crippen LogP contribution in [0.5, 0.6) is 0 Å². The van der Waals surface area contributed by atoms with Gasteiger partial charge < -0.3 is 5.21 Å². The van der Waals surface area contributed by atoms with E-state index in [0.29, 0.717) is 12.1 Å². The molecule has 0 amide bonds. The first-order chi connectivity index (χ1) is 6.32. The molecule has 0 aliphatic rings. The zero-order valence-corrected chi connectivity index (χ0v) is 6.60. The molecule has 0 saturated heterocycles. The first kappa shape index (κ1) is 10.9. The van der Waals surface area contributed by atoms with Crippen LogP contribution in [0.3, 0.4) is 0 Å². The smallest absolute Gasteiger partial charge is 0.416 e. The number of benzene rings is 1. The van der Waals surface area contributed by atoms with Gasteiger partial charge in [-0.3, -0.25) is 0 Å². The molecular weight excluding hydrogens is 206 g/mol. The number of alkyl halides is 3. The Hall–Kier alpha value is -1.18. The molecule has 1 aromatic rings. The highest BCUT2D eigenvalue weighted by Crippen LogP contribution is 2.30. The van der Waals surface area contributed by atoms with Crippen LogP contribution in [0.4, 0.5) is 23.2 Å². The van der Waals surface area contributed by atoms with Crippen LogP contribution >= 0.6 is 0 Å². The Morgan fingerprint density at radius 2 is 1.86 bits per heavy atom. The molecule has 1 atom stereocenters. The molecule has 1 unspecified atom stereocenters. The van der Waals surface area contributed by atoms with Gasteiger partial charge in [0.05, 0.1) is 5.56 Å². The molecule has 1 aromatic carbocycles. The van der Waals surface area contributed by atoms with Gasteiger partial charge in [-0.25, -0.2) is 9.60 Å². The van der Waals surface area contributed by atoms with Gasteiger partial charge >= 0.3 is 6.18 Å². The summed E-state index contributed by atoms with van der Waals surface area (Å²) in [5.74, 6) is -1.19. The predicted octanol–water partition coefficient (Wildman–Crippen LogP) is 1.25. The summed E-state index contributed by atoms with van der Waals surface area (Å²) in [4.78, 5) is 0. The SMILES string of the molecule is [O-][NH+](O)c1cc(C(F)(F)F)ccc1F. The largest absolute Gasteiger partial charge is 0.595 e. The van der Waals surface area contributed by atoms with E-state index in [4.69, 9.17) is 5.21 Å². The average molecular weight is 211 g/mol. The number of hydrogen-bond donors (Lipinski definition) is 2. The molecule has 0 saturated carbocycles. The van der Waals surface area contributed by atoms with Crippen molar-refractivity contribution in [3.8, 4) is 0 Å². The molecule has 0 heterocycles. The van der Waals surface area contributed by atoms with E-state index in [1.165, 1.54) is 0 Å². The van der Waals surface area contributed by atoms with Gasteiger partial charge in [-0.2, -0.15) is 18.4 Å². The molecule has 1 rings (SSSR count). The van der Waals surface area contributed by atoms with E-state index in [2.05, 4.69) is 0 Å². The maximum absolute atomic E-state index is 12.7. The van der Waals surface area contributed by atoms with Gasteiger partial charge in [0, 0.05) is 6.07 Å². The minimum Gasteiger partial charge on any atom is -0.595 e. The molecule has 3 nitrogen and oxygen atoms in total. The Balaban J connectivity index is 3.20. The highest BCUT2D eigenvalue weighted by molar-refractivity contribution is 5.36. The van der Waals surface area contributed by atoms with Crippen molar-refractivity contribution < 1.29 is 28.0 Å². The maximum atomic E-state index is 12.7. The normalized spacial score (nSPS) is 14.1. The zero-order chi connectivity index (χ0) is 10.9. The molecule has 14 heavy (non-hydrogen) atoms. The van der Waals surface area contributed by atoms with E-state index in [1.807, 2.05) is 0 Å². The number of quaternary nitrogens is 1. The molecular formula is C7H5F4NO2. The third kappa shape index (κ3) is 2.19. The molecule has 0 aliphatic carbocycles. The van der Waals surface area contributed by atoms with Gasteiger partial charge in [-0.05, 0) is 12.1 Å². The quantitative estimate of drug-likeness (QED) is 0.542. The summed E-state index contributed by atoms with van der Waals surface area (Å²) < 4.78 is 48.8. The first-order valence-corrected chi connectivity index (χ1v) is 3.42. The van der Waals surface area contributed by atoms with E-state index in [9.17, 15) is 22.8 Å². The molecule has 78 valence electrons. The summed E-state index contributed by atoms with van der Waals surface area (Å²) in [6, 6.07) is 1.23. The number of hydrogen-bond acceptors (Lipinski definition) is 2. The lowest BCUT2D eigenvalue weighted by Crippen LogP contribution is -2.99.